The van der Waals surface area contributed by atoms with E-state index >= 15 is 0 Å². The predicted octanol–water partition coefficient (Wildman–Crippen LogP) is 2.40. The Morgan fingerprint density at radius 2 is 2.33 bits per heavy atom. The van der Waals surface area contributed by atoms with Crippen molar-refractivity contribution >= 4 is 23.2 Å². The lowest BCUT2D eigenvalue weighted by molar-refractivity contribution is -0.113. The first-order chi connectivity index (χ1) is 7.26. The van der Waals surface area contributed by atoms with E-state index in [0.717, 1.165) is 11.3 Å². The second-order valence-electron chi connectivity index (χ2n) is 3.02. The second-order valence-corrected chi connectivity index (χ2v) is 3.29. The van der Waals surface area contributed by atoms with Crippen molar-refractivity contribution in [1.29, 1.82) is 0 Å². The summed E-state index contributed by atoms with van der Waals surface area (Å²) in [4.78, 5) is 11.0. The summed E-state index contributed by atoms with van der Waals surface area (Å²) < 4.78 is 5.27. The molecule has 0 atom stereocenters. The zero-order valence-corrected chi connectivity index (χ0v) is 9.38. The Morgan fingerprint density at radius 1 is 1.53 bits per heavy atom. The molecule has 4 heteroatoms. The number of halogens is 1. The quantitative estimate of drug-likeness (QED) is 0.785. The molecule has 0 saturated heterocycles. The number of amides is 1. The number of benzene rings is 1. The number of ether oxygens (including phenoxy) is 1. The van der Waals surface area contributed by atoms with Crippen LogP contribution in [0.15, 0.2) is 24.3 Å². The molecule has 1 amide bonds. The van der Waals surface area contributed by atoms with E-state index in [1.54, 1.807) is 0 Å². The number of hydrogen-bond donors (Lipinski definition) is 1. The van der Waals surface area contributed by atoms with Crippen LogP contribution in [-0.2, 0) is 16.1 Å². The standard InChI is InChI=1S/C11H14ClNO2/c1-2-15-8-9-4-3-5-10(6-9)13-11(14)7-12/h3-6H,2,7-8H2,1H3,(H,13,14). The molecule has 0 unspecified atom stereocenters. The minimum atomic E-state index is -0.203. The molecule has 0 aliphatic rings. The van der Waals surface area contributed by atoms with Gasteiger partial charge in [-0.05, 0) is 24.6 Å². The predicted molar refractivity (Wildman–Crippen MR) is 61.1 cm³/mol. The molecule has 3 nitrogen and oxygen atoms in total. The van der Waals surface area contributed by atoms with Gasteiger partial charge >= 0.3 is 0 Å². The van der Waals surface area contributed by atoms with Gasteiger partial charge in [0, 0.05) is 12.3 Å². The summed E-state index contributed by atoms with van der Waals surface area (Å²) in [5.41, 5.74) is 1.78. The lowest BCUT2D eigenvalue weighted by Gasteiger charge is -2.06. The molecule has 0 aromatic heterocycles. The van der Waals surface area contributed by atoms with Crippen molar-refractivity contribution in [3.05, 3.63) is 29.8 Å². The topological polar surface area (TPSA) is 38.3 Å². The molecule has 1 rings (SSSR count). The molecule has 0 fully saturated rings. The third kappa shape index (κ3) is 4.32. The van der Waals surface area contributed by atoms with Crippen molar-refractivity contribution in [2.75, 3.05) is 17.8 Å². The van der Waals surface area contributed by atoms with Gasteiger partial charge in [0.15, 0.2) is 0 Å². The Kier molecular flexibility index (Phi) is 5.15. The van der Waals surface area contributed by atoms with E-state index in [1.165, 1.54) is 0 Å². The summed E-state index contributed by atoms with van der Waals surface area (Å²) in [6, 6.07) is 7.52. The Morgan fingerprint density at radius 3 is 3.00 bits per heavy atom. The second kappa shape index (κ2) is 6.43. The first-order valence-corrected chi connectivity index (χ1v) is 5.32. The molecule has 1 aromatic carbocycles. The molecule has 1 aromatic rings. The molecule has 0 radical (unpaired) electrons. The van der Waals surface area contributed by atoms with Crippen molar-refractivity contribution in [3.8, 4) is 0 Å². The summed E-state index contributed by atoms with van der Waals surface area (Å²) in [5, 5.41) is 2.68. The Labute approximate surface area is 94.4 Å². The highest BCUT2D eigenvalue weighted by atomic mass is 35.5. The Balaban J connectivity index is 2.61. The first-order valence-electron chi connectivity index (χ1n) is 4.78. The van der Waals surface area contributed by atoms with Gasteiger partial charge in [0.2, 0.25) is 5.91 Å². The lowest BCUT2D eigenvalue weighted by Crippen LogP contribution is -2.12. The highest BCUT2D eigenvalue weighted by molar-refractivity contribution is 6.29. The zero-order chi connectivity index (χ0) is 11.1. The molecule has 0 bridgehead atoms. The van der Waals surface area contributed by atoms with Crippen LogP contribution in [0, 0.1) is 0 Å². The number of alkyl halides is 1. The van der Waals surface area contributed by atoms with E-state index in [0.29, 0.717) is 13.2 Å². The average Bonchev–Trinajstić information content (AvgIpc) is 2.26. The smallest absolute Gasteiger partial charge is 0.239 e. The highest BCUT2D eigenvalue weighted by Gasteiger charge is 2.00. The molecule has 15 heavy (non-hydrogen) atoms. The van der Waals surface area contributed by atoms with Gasteiger partial charge in [-0.3, -0.25) is 4.79 Å². The van der Waals surface area contributed by atoms with E-state index in [-0.39, 0.29) is 11.8 Å². The SMILES string of the molecule is CCOCc1cccc(NC(=O)CCl)c1. The molecule has 82 valence electrons. The van der Waals surface area contributed by atoms with Crippen LogP contribution in [0.25, 0.3) is 0 Å². The van der Waals surface area contributed by atoms with Gasteiger partial charge in [-0.25, -0.2) is 0 Å². The first kappa shape index (κ1) is 12.0. The fraction of sp³-hybridized carbons (Fsp3) is 0.364. The molecule has 0 aliphatic heterocycles. The zero-order valence-electron chi connectivity index (χ0n) is 8.63. The lowest BCUT2D eigenvalue weighted by atomic mass is 10.2. The Bertz CT molecular complexity index is 328. The number of anilines is 1. The van der Waals surface area contributed by atoms with Gasteiger partial charge in [-0.2, -0.15) is 0 Å². The average molecular weight is 228 g/mol. The monoisotopic (exact) mass is 227 g/mol. The van der Waals surface area contributed by atoms with Gasteiger partial charge in [0.25, 0.3) is 0 Å². The number of hydrogen-bond acceptors (Lipinski definition) is 2. The molecule has 1 N–H and O–H groups in total. The van der Waals surface area contributed by atoms with Gasteiger partial charge < -0.3 is 10.1 Å². The fourth-order valence-corrected chi connectivity index (χ4v) is 1.22. The van der Waals surface area contributed by atoms with Crippen LogP contribution in [-0.4, -0.2) is 18.4 Å². The summed E-state index contributed by atoms with van der Waals surface area (Å²) >= 11 is 5.39. The molecule has 0 aliphatic carbocycles. The molecule has 0 saturated carbocycles. The molecule has 0 heterocycles. The largest absolute Gasteiger partial charge is 0.377 e. The van der Waals surface area contributed by atoms with Crippen molar-refractivity contribution < 1.29 is 9.53 Å². The van der Waals surface area contributed by atoms with Crippen LogP contribution in [0.3, 0.4) is 0 Å². The van der Waals surface area contributed by atoms with Gasteiger partial charge in [0.1, 0.15) is 5.88 Å². The van der Waals surface area contributed by atoms with Crippen molar-refractivity contribution in [2.45, 2.75) is 13.5 Å². The molecular formula is C11H14ClNO2. The van der Waals surface area contributed by atoms with E-state index in [9.17, 15) is 4.79 Å². The van der Waals surface area contributed by atoms with Crippen LogP contribution >= 0.6 is 11.6 Å². The van der Waals surface area contributed by atoms with Crippen molar-refractivity contribution in [1.82, 2.24) is 0 Å². The summed E-state index contributed by atoms with van der Waals surface area (Å²) in [6.07, 6.45) is 0. The maximum atomic E-state index is 11.0. The van der Waals surface area contributed by atoms with Crippen molar-refractivity contribution in [2.24, 2.45) is 0 Å². The fourth-order valence-electron chi connectivity index (χ4n) is 1.15. The summed E-state index contributed by atoms with van der Waals surface area (Å²) in [6.45, 7) is 3.18. The van der Waals surface area contributed by atoms with E-state index in [4.69, 9.17) is 16.3 Å². The van der Waals surface area contributed by atoms with Crippen LogP contribution in [0.4, 0.5) is 5.69 Å². The van der Waals surface area contributed by atoms with Crippen LogP contribution in [0.1, 0.15) is 12.5 Å². The Hall–Kier alpha value is -1.06. The van der Waals surface area contributed by atoms with Crippen LogP contribution in [0.5, 0.6) is 0 Å². The van der Waals surface area contributed by atoms with E-state index < -0.39 is 0 Å². The van der Waals surface area contributed by atoms with E-state index in [2.05, 4.69) is 5.32 Å². The number of rotatable bonds is 5. The van der Waals surface area contributed by atoms with E-state index in [1.807, 2.05) is 31.2 Å². The third-order valence-electron chi connectivity index (χ3n) is 1.80. The number of nitrogens with one attached hydrogen (secondary N) is 1. The van der Waals surface area contributed by atoms with Crippen molar-refractivity contribution in [3.63, 3.8) is 0 Å². The van der Waals surface area contributed by atoms with Crippen LogP contribution in [0.2, 0.25) is 0 Å². The van der Waals surface area contributed by atoms with Crippen LogP contribution < -0.4 is 5.32 Å². The molecule has 0 spiro atoms. The third-order valence-corrected chi connectivity index (χ3v) is 2.05. The maximum absolute atomic E-state index is 11.0. The summed E-state index contributed by atoms with van der Waals surface area (Å²) in [5.74, 6) is -0.236. The highest BCUT2D eigenvalue weighted by Crippen LogP contribution is 2.11. The minimum absolute atomic E-state index is 0.0321. The van der Waals surface area contributed by atoms with Gasteiger partial charge in [-0.15, -0.1) is 11.6 Å². The molecular weight excluding hydrogens is 214 g/mol. The minimum Gasteiger partial charge on any atom is -0.377 e. The normalized spacial score (nSPS) is 10.0. The van der Waals surface area contributed by atoms with Gasteiger partial charge in [-0.1, -0.05) is 12.1 Å². The van der Waals surface area contributed by atoms with Gasteiger partial charge in [0.05, 0.1) is 6.61 Å². The maximum Gasteiger partial charge on any atom is 0.239 e. The summed E-state index contributed by atoms with van der Waals surface area (Å²) in [7, 11) is 0. The number of carbonyl (C=O) groups is 1. The number of carbonyl (C=O) groups excluding carboxylic acids is 1.